The number of fused-ring (bicyclic) bond motifs is 1. The molecule has 0 amide bonds. The third-order valence-electron chi connectivity index (χ3n) is 1.72. The van der Waals surface area contributed by atoms with Crippen LogP contribution in [-0.4, -0.2) is 16.5 Å². The molecule has 1 aromatic rings. The zero-order valence-corrected chi connectivity index (χ0v) is 6.78. The van der Waals surface area contributed by atoms with Crippen LogP contribution in [0, 0.1) is 0 Å². The van der Waals surface area contributed by atoms with Gasteiger partial charge in [-0.3, -0.25) is 0 Å². The van der Waals surface area contributed by atoms with Gasteiger partial charge in [0.25, 0.3) is 0 Å². The minimum atomic E-state index is -3.68. The van der Waals surface area contributed by atoms with E-state index >= 15 is 0 Å². The van der Waals surface area contributed by atoms with Crippen LogP contribution in [0.4, 0.5) is 8.78 Å². The second kappa shape index (κ2) is 2.79. The summed E-state index contributed by atoms with van der Waals surface area (Å²) < 4.78 is 33.2. The SMILES string of the molecule is OC(O)c1ccc2c(c1)OC(F)(F)O2. The fourth-order valence-electron chi connectivity index (χ4n) is 1.13. The van der Waals surface area contributed by atoms with Gasteiger partial charge in [-0.1, -0.05) is 6.07 Å². The fourth-order valence-corrected chi connectivity index (χ4v) is 1.13. The van der Waals surface area contributed by atoms with E-state index in [1.165, 1.54) is 12.1 Å². The Morgan fingerprint density at radius 3 is 2.43 bits per heavy atom. The minimum absolute atomic E-state index is 0.0602. The summed E-state index contributed by atoms with van der Waals surface area (Å²) in [4.78, 5) is 0. The molecule has 0 atom stereocenters. The summed E-state index contributed by atoms with van der Waals surface area (Å²) in [5, 5.41) is 17.5. The molecule has 2 rings (SSSR count). The van der Waals surface area contributed by atoms with E-state index in [0.717, 1.165) is 6.07 Å². The summed E-state index contributed by atoms with van der Waals surface area (Å²) in [6, 6.07) is 3.53. The average Bonchev–Trinajstić information content (AvgIpc) is 2.36. The third kappa shape index (κ3) is 1.49. The van der Waals surface area contributed by atoms with Crippen molar-refractivity contribution in [1.82, 2.24) is 0 Å². The maximum absolute atomic E-state index is 12.5. The predicted molar refractivity (Wildman–Crippen MR) is 39.8 cm³/mol. The highest BCUT2D eigenvalue weighted by Gasteiger charge is 2.43. The lowest BCUT2D eigenvalue weighted by atomic mass is 10.2. The summed E-state index contributed by atoms with van der Waals surface area (Å²) in [5.41, 5.74) is 0.0602. The van der Waals surface area contributed by atoms with Crippen LogP contribution in [0.3, 0.4) is 0 Å². The van der Waals surface area contributed by atoms with Crippen LogP contribution in [0.25, 0.3) is 0 Å². The molecule has 0 aliphatic carbocycles. The lowest BCUT2D eigenvalue weighted by Gasteiger charge is -2.04. The molecular weight excluding hydrogens is 198 g/mol. The van der Waals surface area contributed by atoms with Gasteiger partial charge in [-0.15, -0.1) is 8.78 Å². The third-order valence-corrected chi connectivity index (χ3v) is 1.72. The first-order chi connectivity index (χ1) is 6.48. The minimum Gasteiger partial charge on any atom is -0.395 e. The second-order valence-electron chi connectivity index (χ2n) is 2.75. The largest absolute Gasteiger partial charge is 0.586 e. The number of halogens is 2. The van der Waals surface area contributed by atoms with E-state index in [0.29, 0.717) is 0 Å². The van der Waals surface area contributed by atoms with E-state index in [1.807, 2.05) is 0 Å². The van der Waals surface area contributed by atoms with Gasteiger partial charge in [-0.05, 0) is 12.1 Å². The van der Waals surface area contributed by atoms with Gasteiger partial charge in [-0.25, -0.2) is 0 Å². The molecule has 1 aliphatic rings. The quantitative estimate of drug-likeness (QED) is 0.670. The Morgan fingerprint density at radius 2 is 1.79 bits per heavy atom. The van der Waals surface area contributed by atoms with Crippen molar-refractivity contribution in [1.29, 1.82) is 0 Å². The van der Waals surface area contributed by atoms with Gasteiger partial charge < -0.3 is 19.7 Å². The van der Waals surface area contributed by atoms with E-state index in [4.69, 9.17) is 10.2 Å². The molecule has 1 aliphatic heterocycles. The van der Waals surface area contributed by atoms with Crippen LogP contribution in [0.15, 0.2) is 18.2 Å². The van der Waals surface area contributed by atoms with Gasteiger partial charge in [0, 0.05) is 5.56 Å². The highest BCUT2D eigenvalue weighted by Crippen LogP contribution is 2.41. The van der Waals surface area contributed by atoms with Crippen molar-refractivity contribution in [3.63, 3.8) is 0 Å². The van der Waals surface area contributed by atoms with Crippen molar-refractivity contribution in [3.05, 3.63) is 23.8 Å². The standard InChI is InChI=1S/C8H6F2O4/c9-8(10)13-5-2-1-4(7(11)12)3-6(5)14-8/h1-3,7,11-12H. The van der Waals surface area contributed by atoms with Gasteiger partial charge in [0.05, 0.1) is 0 Å². The summed E-state index contributed by atoms with van der Waals surface area (Å²) >= 11 is 0. The summed E-state index contributed by atoms with van der Waals surface area (Å²) in [6.07, 6.45) is -5.40. The normalized spacial score (nSPS) is 17.5. The Kier molecular flexibility index (Phi) is 1.83. The van der Waals surface area contributed by atoms with Crippen LogP contribution in [-0.2, 0) is 0 Å². The Labute approximate surface area is 77.3 Å². The number of ether oxygens (including phenoxy) is 2. The molecule has 0 saturated carbocycles. The van der Waals surface area contributed by atoms with Crippen molar-refractivity contribution < 1.29 is 28.5 Å². The number of hydrogen-bond acceptors (Lipinski definition) is 4. The summed E-state index contributed by atoms with van der Waals surface area (Å²) in [6.45, 7) is 0. The van der Waals surface area contributed by atoms with Crippen molar-refractivity contribution in [2.24, 2.45) is 0 Å². The highest BCUT2D eigenvalue weighted by molar-refractivity contribution is 5.45. The van der Waals surface area contributed by atoms with Gasteiger partial charge >= 0.3 is 6.29 Å². The smallest absolute Gasteiger partial charge is 0.395 e. The Bertz CT molecular complexity index is 364. The maximum atomic E-state index is 12.5. The van der Waals surface area contributed by atoms with E-state index in [9.17, 15) is 8.78 Å². The van der Waals surface area contributed by atoms with Crippen LogP contribution in [0.5, 0.6) is 11.5 Å². The number of benzene rings is 1. The number of aliphatic hydroxyl groups is 2. The van der Waals surface area contributed by atoms with E-state index in [2.05, 4.69) is 9.47 Å². The molecule has 0 radical (unpaired) electrons. The first-order valence-corrected chi connectivity index (χ1v) is 3.74. The number of rotatable bonds is 1. The van der Waals surface area contributed by atoms with Gasteiger partial charge in [0.15, 0.2) is 17.8 Å². The monoisotopic (exact) mass is 204 g/mol. The average molecular weight is 204 g/mol. The molecule has 14 heavy (non-hydrogen) atoms. The van der Waals surface area contributed by atoms with Gasteiger partial charge in [-0.2, -0.15) is 0 Å². The Morgan fingerprint density at radius 1 is 1.14 bits per heavy atom. The van der Waals surface area contributed by atoms with Crippen LogP contribution in [0.1, 0.15) is 11.9 Å². The van der Waals surface area contributed by atoms with E-state index < -0.39 is 12.6 Å². The first kappa shape index (κ1) is 9.17. The van der Waals surface area contributed by atoms with E-state index in [-0.39, 0.29) is 17.1 Å². The zero-order valence-electron chi connectivity index (χ0n) is 6.78. The summed E-state index contributed by atoms with van der Waals surface area (Å²) in [7, 11) is 0. The molecule has 6 heteroatoms. The van der Waals surface area contributed by atoms with Crippen molar-refractivity contribution in [3.8, 4) is 11.5 Å². The highest BCUT2D eigenvalue weighted by atomic mass is 19.3. The molecule has 76 valence electrons. The molecule has 0 spiro atoms. The van der Waals surface area contributed by atoms with Crippen LogP contribution in [0.2, 0.25) is 0 Å². The second-order valence-corrected chi connectivity index (χ2v) is 2.75. The molecule has 2 N–H and O–H groups in total. The Hall–Kier alpha value is -1.40. The molecule has 0 fully saturated rings. The van der Waals surface area contributed by atoms with Crippen molar-refractivity contribution in [2.45, 2.75) is 12.6 Å². The topological polar surface area (TPSA) is 58.9 Å². The number of hydrogen-bond donors (Lipinski definition) is 2. The number of aliphatic hydroxyl groups excluding tert-OH is 1. The van der Waals surface area contributed by atoms with Crippen molar-refractivity contribution in [2.75, 3.05) is 0 Å². The predicted octanol–water partition coefficient (Wildman–Crippen LogP) is 0.991. The molecule has 0 bridgehead atoms. The van der Waals surface area contributed by atoms with Crippen LogP contribution >= 0.6 is 0 Å². The molecule has 0 aromatic heterocycles. The molecule has 0 unspecified atom stereocenters. The Balaban J connectivity index is 2.36. The van der Waals surface area contributed by atoms with Gasteiger partial charge in [0.1, 0.15) is 0 Å². The molecule has 0 saturated heterocycles. The molecular formula is C8H6F2O4. The molecule has 1 aromatic carbocycles. The summed E-state index contributed by atoms with van der Waals surface area (Å²) in [5.74, 6) is -0.333. The maximum Gasteiger partial charge on any atom is 0.586 e. The molecule has 1 heterocycles. The number of alkyl halides is 2. The lowest BCUT2D eigenvalue weighted by molar-refractivity contribution is -0.286. The zero-order chi connectivity index (χ0) is 10.3. The van der Waals surface area contributed by atoms with E-state index in [1.54, 1.807) is 0 Å². The van der Waals surface area contributed by atoms with Gasteiger partial charge in [0.2, 0.25) is 0 Å². The first-order valence-electron chi connectivity index (χ1n) is 3.74. The lowest BCUT2D eigenvalue weighted by Crippen LogP contribution is -2.25. The van der Waals surface area contributed by atoms with Crippen LogP contribution < -0.4 is 9.47 Å². The molecule has 4 nitrogen and oxygen atoms in total. The fraction of sp³-hybridized carbons (Fsp3) is 0.250. The van der Waals surface area contributed by atoms with Crippen molar-refractivity contribution >= 4 is 0 Å².